The minimum atomic E-state index is -0.526. The molecule has 0 atom stereocenters. The first-order valence-corrected chi connectivity index (χ1v) is 8.51. The van der Waals surface area contributed by atoms with Crippen molar-refractivity contribution < 1.29 is 14.1 Å². The minimum Gasteiger partial charge on any atom is -0.298 e. The van der Waals surface area contributed by atoms with Crippen molar-refractivity contribution in [1.82, 2.24) is 4.98 Å². The number of amides is 1. The Morgan fingerprint density at radius 2 is 2.04 bits per heavy atom. The third kappa shape index (κ3) is 3.75. The zero-order chi connectivity index (χ0) is 18.7. The first-order chi connectivity index (χ1) is 12.5. The molecule has 0 saturated heterocycles. The average molecular weight is 371 g/mol. The second-order valence-corrected chi connectivity index (χ2v) is 6.68. The number of anilines is 1. The molecule has 1 N–H and O–H groups in total. The van der Waals surface area contributed by atoms with Crippen molar-refractivity contribution in [2.75, 3.05) is 5.32 Å². The van der Waals surface area contributed by atoms with Crippen LogP contribution in [0.25, 0.3) is 0 Å². The highest BCUT2D eigenvalue weighted by Crippen LogP contribution is 2.25. The molecule has 1 amide bonds. The Hall–Kier alpha value is -3.13. The lowest BCUT2D eigenvalue weighted by Gasteiger charge is -2.05. The summed E-state index contributed by atoms with van der Waals surface area (Å²) in [5, 5.41) is 14.0. The van der Waals surface area contributed by atoms with E-state index in [2.05, 4.69) is 10.3 Å². The molecule has 132 valence electrons. The summed E-state index contributed by atoms with van der Waals surface area (Å²) in [6.07, 6.45) is 1.95. The molecule has 0 radical (unpaired) electrons. The highest BCUT2D eigenvalue weighted by atomic mass is 32.1. The van der Waals surface area contributed by atoms with Gasteiger partial charge in [0.05, 0.1) is 4.92 Å². The van der Waals surface area contributed by atoms with E-state index in [4.69, 9.17) is 0 Å². The molecule has 26 heavy (non-hydrogen) atoms. The maximum atomic E-state index is 13.7. The Morgan fingerprint density at radius 1 is 1.27 bits per heavy atom. The fraction of sp³-hybridized carbons (Fsp3) is 0.111. The quantitative estimate of drug-likeness (QED) is 0.534. The van der Waals surface area contributed by atoms with E-state index in [0.29, 0.717) is 17.1 Å². The second-order valence-electron chi connectivity index (χ2n) is 5.56. The predicted molar refractivity (Wildman–Crippen MR) is 97.1 cm³/mol. The van der Waals surface area contributed by atoms with Gasteiger partial charge < -0.3 is 0 Å². The number of hydrogen-bond acceptors (Lipinski definition) is 5. The molecule has 6 nitrogen and oxygen atoms in total. The normalized spacial score (nSPS) is 10.5. The molecule has 0 bridgehead atoms. The van der Waals surface area contributed by atoms with Gasteiger partial charge in [-0.3, -0.25) is 20.2 Å². The number of carbonyl (C=O) groups is 1. The number of nitro benzene ring substituents is 1. The number of nitro groups is 1. The van der Waals surface area contributed by atoms with E-state index in [1.54, 1.807) is 24.4 Å². The lowest BCUT2D eigenvalue weighted by Crippen LogP contribution is -2.13. The van der Waals surface area contributed by atoms with Crippen molar-refractivity contribution in [2.24, 2.45) is 0 Å². The lowest BCUT2D eigenvalue weighted by molar-refractivity contribution is -0.385. The van der Waals surface area contributed by atoms with Crippen LogP contribution in [0.2, 0.25) is 0 Å². The number of halogens is 1. The molecule has 1 heterocycles. The van der Waals surface area contributed by atoms with E-state index >= 15 is 0 Å². The first kappa shape index (κ1) is 17.7. The Balaban J connectivity index is 1.75. The van der Waals surface area contributed by atoms with Crippen LogP contribution in [0.3, 0.4) is 0 Å². The second kappa shape index (κ2) is 7.40. The predicted octanol–water partition coefficient (Wildman–Crippen LogP) is 4.34. The number of rotatable bonds is 5. The minimum absolute atomic E-state index is 0.114. The van der Waals surface area contributed by atoms with Gasteiger partial charge in [0.15, 0.2) is 5.13 Å². The van der Waals surface area contributed by atoms with Gasteiger partial charge in [0.1, 0.15) is 5.82 Å². The molecular formula is C18H14FN3O3S. The lowest BCUT2D eigenvalue weighted by atomic mass is 10.1. The van der Waals surface area contributed by atoms with Gasteiger partial charge in [0, 0.05) is 34.7 Å². The fourth-order valence-corrected chi connectivity index (χ4v) is 3.34. The van der Waals surface area contributed by atoms with Crippen molar-refractivity contribution in [2.45, 2.75) is 13.3 Å². The van der Waals surface area contributed by atoms with E-state index in [-0.39, 0.29) is 22.6 Å². The summed E-state index contributed by atoms with van der Waals surface area (Å²) < 4.78 is 13.7. The van der Waals surface area contributed by atoms with Crippen LogP contribution >= 0.6 is 11.3 Å². The Kier molecular flexibility index (Phi) is 5.04. The SMILES string of the molecule is Cc1c(C(=O)Nc2ncc(Cc3ccccc3F)s2)cccc1[N+](=O)[O-]. The van der Waals surface area contributed by atoms with Crippen molar-refractivity contribution in [3.8, 4) is 0 Å². The topological polar surface area (TPSA) is 85.1 Å². The summed E-state index contributed by atoms with van der Waals surface area (Å²) in [4.78, 5) is 27.8. The maximum absolute atomic E-state index is 13.7. The molecule has 2 aromatic carbocycles. The number of carbonyl (C=O) groups excluding carboxylic acids is 1. The first-order valence-electron chi connectivity index (χ1n) is 7.69. The van der Waals surface area contributed by atoms with Crippen LogP contribution in [0.15, 0.2) is 48.7 Å². The highest BCUT2D eigenvalue weighted by Gasteiger charge is 2.19. The average Bonchev–Trinajstić information content (AvgIpc) is 3.03. The molecule has 0 aliphatic rings. The molecule has 3 aromatic rings. The van der Waals surface area contributed by atoms with E-state index in [9.17, 15) is 19.3 Å². The molecule has 0 aliphatic carbocycles. The van der Waals surface area contributed by atoms with E-state index in [0.717, 1.165) is 4.88 Å². The van der Waals surface area contributed by atoms with E-state index in [1.807, 2.05) is 0 Å². The highest BCUT2D eigenvalue weighted by molar-refractivity contribution is 7.15. The molecule has 3 rings (SSSR count). The summed E-state index contributed by atoms with van der Waals surface area (Å²) in [5.74, 6) is -0.767. The monoisotopic (exact) mass is 371 g/mol. The number of nitrogens with one attached hydrogen (secondary N) is 1. The van der Waals surface area contributed by atoms with Gasteiger partial charge in [-0.1, -0.05) is 24.3 Å². The van der Waals surface area contributed by atoms with Crippen LogP contribution in [0.5, 0.6) is 0 Å². The number of thiazole rings is 1. The molecule has 0 fully saturated rings. The van der Waals surface area contributed by atoms with Gasteiger partial charge in [-0.2, -0.15) is 0 Å². The van der Waals surface area contributed by atoms with Gasteiger partial charge in [-0.25, -0.2) is 9.37 Å². The van der Waals surface area contributed by atoms with Gasteiger partial charge >= 0.3 is 0 Å². The van der Waals surface area contributed by atoms with Crippen molar-refractivity contribution in [3.05, 3.63) is 86.2 Å². The summed E-state index contributed by atoms with van der Waals surface area (Å²) in [6, 6.07) is 10.8. The molecule has 0 spiro atoms. The van der Waals surface area contributed by atoms with Gasteiger partial charge in [-0.05, 0) is 24.6 Å². The zero-order valence-electron chi connectivity index (χ0n) is 13.7. The molecule has 0 aliphatic heterocycles. The molecule has 0 unspecified atom stereocenters. The number of benzene rings is 2. The Bertz CT molecular complexity index is 987. The molecule has 8 heteroatoms. The van der Waals surface area contributed by atoms with Gasteiger partial charge in [0.25, 0.3) is 11.6 Å². The van der Waals surface area contributed by atoms with Crippen LogP contribution in [0.1, 0.15) is 26.4 Å². The van der Waals surface area contributed by atoms with Crippen molar-refractivity contribution in [3.63, 3.8) is 0 Å². The van der Waals surface area contributed by atoms with Crippen LogP contribution < -0.4 is 5.32 Å². The third-order valence-corrected chi connectivity index (χ3v) is 4.76. The third-order valence-electron chi connectivity index (χ3n) is 3.84. The number of nitrogens with zero attached hydrogens (tertiary/aromatic N) is 2. The largest absolute Gasteiger partial charge is 0.298 e. The smallest absolute Gasteiger partial charge is 0.273 e. The summed E-state index contributed by atoms with van der Waals surface area (Å²) in [6.45, 7) is 1.53. The van der Waals surface area contributed by atoms with Crippen LogP contribution in [-0.2, 0) is 6.42 Å². The summed E-state index contributed by atoms with van der Waals surface area (Å²) in [5.41, 5.74) is 0.934. The number of aromatic nitrogens is 1. The van der Waals surface area contributed by atoms with E-state index < -0.39 is 10.8 Å². The Labute approximate surface area is 152 Å². The summed E-state index contributed by atoms with van der Waals surface area (Å²) >= 11 is 1.23. The summed E-state index contributed by atoms with van der Waals surface area (Å²) in [7, 11) is 0. The van der Waals surface area contributed by atoms with Crippen LogP contribution in [-0.4, -0.2) is 15.8 Å². The van der Waals surface area contributed by atoms with Gasteiger partial charge in [0.2, 0.25) is 0 Å². The standard InChI is InChI=1S/C18H14FN3O3S/c1-11-14(6-4-8-16(11)22(24)25)17(23)21-18-20-10-13(26-18)9-12-5-2-3-7-15(12)19/h2-8,10H,9H2,1H3,(H,20,21,23). The maximum Gasteiger partial charge on any atom is 0.273 e. The Morgan fingerprint density at radius 3 is 2.77 bits per heavy atom. The van der Waals surface area contributed by atoms with Crippen LogP contribution in [0.4, 0.5) is 15.2 Å². The molecule has 1 aromatic heterocycles. The molecule has 0 saturated carbocycles. The number of hydrogen-bond donors (Lipinski definition) is 1. The molecular weight excluding hydrogens is 357 g/mol. The zero-order valence-corrected chi connectivity index (χ0v) is 14.5. The van der Waals surface area contributed by atoms with E-state index in [1.165, 1.54) is 42.5 Å². The van der Waals surface area contributed by atoms with Crippen molar-refractivity contribution in [1.29, 1.82) is 0 Å². The van der Waals surface area contributed by atoms with Crippen molar-refractivity contribution >= 4 is 28.1 Å². The fourth-order valence-electron chi connectivity index (χ4n) is 2.51. The van der Waals surface area contributed by atoms with Gasteiger partial charge in [-0.15, -0.1) is 11.3 Å². The van der Waals surface area contributed by atoms with Crippen LogP contribution in [0, 0.1) is 22.9 Å².